The summed E-state index contributed by atoms with van der Waals surface area (Å²) in [6.45, 7) is 3.25. The summed E-state index contributed by atoms with van der Waals surface area (Å²) < 4.78 is 0. The maximum atomic E-state index is 11.7. The van der Waals surface area contributed by atoms with Crippen LogP contribution in [0.2, 0.25) is 0 Å². The van der Waals surface area contributed by atoms with E-state index < -0.39 is 0 Å². The lowest BCUT2D eigenvalue weighted by molar-refractivity contribution is -0.124. The van der Waals surface area contributed by atoms with Crippen LogP contribution in [0.4, 0.5) is 0 Å². The first kappa shape index (κ1) is 14.3. The normalized spacial score (nSPS) is 21.1. The van der Waals surface area contributed by atoms with Crippen molar-refractivity contribution in [3.63, 3.8) is 0 Å². The highest BCUT2D eigenvalue weighted by Crippen LogP contribution is 2.28. The molecule has 1 saturated heterocycles. The molecule has 2 fully saturated rings. The lowest BCUT2D eigenvalue weighted by Gasteiger charge is -2.29. The van der Waals surface area contributed by atoms with Crippen molar-refractivity contribution in [1.82, 2.24) is 15.5 Å². The SMILES string of the molecule is NC1CCN(CC(=O)NCCNC(=O)C2CC2)CC1. The molecule has 0 spiro atoms. The Morgan fingerprint density at radius 2 is 1.68 bits per heavy atom. The van der Waals surface area contributed by atoms with Gasteiger partial charge < -0.3 is 16.4 Å². The van der Waals surface area contributed by atoms with Gasteiger partial charge in [0.1, 0.15) is 0 Å². The second kappa shape index (κ2) is 6.86. The van der Waals surface area contributed by atoms with E-state index in [9.17, 15) is 9.59 Å². The molecule has 2 rings (SSSR count). The van der Waals surface area contributed by atoms with E-state index in [-0.39, 0.29) is 23.8 Å². The van der Waals surface area contributed by atoms with Gasteiger partial charge in [-0.3, -0.25) is 14.5 Å². The summed E-state index contributed by atoms with van der Waals surface area (Å²) in [4.78, 5) is 25.2. The molecule has 1 heterocycles. The van der Waals surface area contributed by atoms with Crippen LogP contribution in [0, 0.1) is 5.92 Å². The first-order valence-electron chi connectivity index (χ1n) is 7.17. The summed E-state index contributed by atoms with van der Waals surface area (Å²) in [7, 11) is 0. The van der Waals surface area contributed by atoms with Gasteiger partial charge in [0.2, 0.25) is 11.8 Å². The van der Waals surface area contributed by atoms with Crippen molar-refractivity contribution in [2.75, 3.05) is 32.7 Å². The van der Waals surface area contributed by atoms with Crippen molar-refractivity contribution >= 4 is 11.8 Å². The summed E-state index contributed by atoms with van der Waals surface area (Å²) in [6.07, 6.45) is 3.94. The number of amides is 2. The number of rotatable bonds is 6. The zero-order valence-electron chi connectivity index (χ0n) is 11.4. The molecule has 0 atom stereocenters. The Kier molecular flexibility index (Phi) is 5.15. The predicted octanol–water partition coefficient (Wildman–Crippen LogP) is -0.948. The van der Waals surface area contributed by atoms with Crippen LogP contribution < -0.4 is 16.4 Å². The van der Waals surface area contributed by atoms with E-state index in [1.54, 1.807) is 0 Å². The number of carbonyl (C=O) groups is 2. The molecule has 0 aromatic heterocycles. The minimum absolute atomic E-state index is 0.0242. The van der Waals surface area contributed by atoms with E-state index in [4.69, 9.17) is 5.73 Å². The number of nitrogens with one attached hydrogen (secondary N) is 2. The van der Waals surface area contributed by atoms with Crippen LogP contribution in [0.15, 0.2) is 0 Å². The Morgan fingerprint density at radius 1 is 1.05 bits per heavy atom. The largest absolute Gasteiger partial charge is 0.354 e. The van der Waals surface area contributed by atoms with Gasteiger partial charge in [-0.05, 0) is 25.7 Å². The topological polar surface area (TPSA) is 87.5 Å². The zero-order valence-corrected chi connectivity index (χ0v) is 11.4. The minimum atomic E-state index is 0.0242. The Labute approximate surface area is 114 Å². The molecule has 4 N–H and O–H groups in total. The lowest BCUT2D eigenvalue weighted by atomic mass is 10.1. The van der Waals surface area contributed by atoms with Crippen LogP contribution in [-0.4, -0.2) is 55.5 Å². The molecule has 0 bridgehead atoms. The number of nitrogens with zero attached hydrogens (tertiary/aromatic N) is 1. The van der Waals surface area contributed by atoms with Crippen molar-refractivity contribution in [2.45, 2.75) is 31.7 Å². The fourth-order valence-corrected chi connectivity index (χ4v) is 2.25. The quantitative estimate of drug-likeness (QED) is 0.542. The molecule has 1 aliphatic carbocycles. The lowest BCUT2D eigenvalue weighted by Crippen LogP contribution is -2.45. The fraction of sp³-hybridized carbons (Fsp3) is 0.846. The van der Waals surface area contributed by atoms with Gasteiger partial charge in [0.15, 0.2) is 0 Å². The Bertz CT molecular complexity index is 323. The molecule has 1 saturated carbocycles. The van der Waals surface area contributed by atoms with E-state index >= 15 is 0 Å². The summed E-state index contributed by atoms with van der Waals surface area (Å²) in [6, 6.07) is 0.289. The highest BCUT2D eigenvalue weighted by atomic mass is 16.2. The standard InChI is InChI=1S/C13H24N4O2/c14-11-3-7-17(8-4-11)9-12(18)15-5-6-16-13(19)10-1-2-10/h10-11H,1-9,14H2,(H,15,18)(H,16,19). The molecule has 0 unspecified atom stereocenters. The van der Waals surface area contributed by atoms with Crippen LogP contribution in [-0.2, 0) is 9.59 Å². The van der Waals surface area contributed by atoms with E-state index in [2.05, 4.69) is 15.5 Å². The van der Waals surface area contributed by atoms with Gasteiger partial charge in [0.25, 0.3) is 0 Å². The second-order valence-electron chi connectivity index (χ2n) is 5.53. The number of hydrogen-bond acceptors (Lipinski definition) is 4. The van der Waals surface area contributed by atoms with Gasteiger partial charge in [0.05, 0.1) is 6.54 Å². The van der Waals surface area contributed by atoms with E-state index in [1.807, 2.05) is 0 Å². The number of nitrogens with two attached hydrogens (primary N) is 1. The van der Waals surface area contributed by atoms with Crippen LogP contribution in [0.1, 0.15) is 25.7 Å². The highest BCUT2D eigenvalue weighted by molar-refractivity contribution is 5.81. The molecule has 2 aliphatic rings. The molecule has 0 aromatic carbocycles. The van der Waals surface area contributed by atoms with E-state index in [1.165, 1.54) is 0 Å². The average Bonchev–Trinajstić information content (AvgIpc) is 3.21. The van der Waals surface area contributed by atoms with Crippen molar-refractivity contribution in [3.05, 3.63) is 0 Å². The Hall–Kier alpha value is -1.14. The molecule has 6 heteroatoms. The van der Waals surface area contributed by atoms with Gasteiger partial charge in [-0.15, -0.1) is 0 Å². The van der Waals surface area contributed by atoms with Gasteiger partial charge in [0, 0.05) is 38.1 Å². The first-order valence-corrected chi connectivity index (χ1v) is 7.17. The Morgan fingerprint density at radius 3 is 2.32 bits per heavy atom. The molecule has 1 aliphatic heterocycles. The molecule has 108 valence electrons. The molecule has 19 heavy (non-hydrogen) atoms. The van der Waals surface area contributed by atoms with Crippen LogP contribution in [0.25, 0.3) is 0 Å². The van der Waals surface area contributed by atoms with E-state index in [0.717, 1.165) is 38.8 Å². The number of hydrogen-bond donors (Lipinski definition) is 3. The molecule has 0 radical (unpaired) electrons. The summed E-state index contributed by atoms with van der Waals surface area (Å²) in [5.74, 6) is 0.378. The first-order chi connectivity index (χ1) is 9.15. The van der Waals surface area contributed by atoms with Crippen molar-refractivity contribution in [1.29, 1.82) is 0 Å². The third-order valence-electron chi connectivity index (χ3n) is 3.69. The minimum Gasteiger partial charge on any atom is -0.354 e. The van der Waals surface area contributed by atoms with Crippen molar-refractivity contribution in [2.24, 2.45) is 11.7 Å². The van der Waals surface area contributed by atoms with E-state index in [0.29, 0.717) is 19.6 Å². The third kappa shape index (κ3) is 5.16. The highest BCUT2D eigenvalue weighted by Gasteiger charge is 2.29. The summed E-state index contributed by atoms with van der Waals surface area (Å²) in [5.41, 5.74) is 5.82. The summed E-state index contributed by atoms with van der Waals surface area (Å²) >= 11 is 0. The number of piperidine rings is 1. The molecular weight excluding hydrogens is 244 g/mol. The molecule has 6 nitrogen and oxygen atoms in total. The fourth-order valence-electron chi connectivity index (χ4n) is 2.25. The van der Waals surface area contributed by atoms with Crippen molar-refractivity contribution < 1.29 is 9.59 Å². The van der Waals surface area contributed by atoms with Crippen molar-refractivity contribution in [3.8, 4) is 0 Å². The maximum absolute atomic E-state index is 11.7. The molecular formula is C13H24N4O2. The Balaban J connectivity index is 1.50. The van der Waals surface area contributed by atoms with Gasteiger partial charge in [-0.25, -0.2) is 0 Å². The predicted molar refractivity (Wildman–Crippen MR) is 72.4 cm³/mol. The van der Waals surface area contributed by atoms with Gasteiger partial charge in [-0.1, -0.05) is 0 Å². The maximum Gasteiger partial charge on any atom is 0.234 e. The molecule has 2 amide bonds. The van der Waals surface area contributed by atoms with Crippen LogP contribution in [0.5, 0.6) is 0 Å². The van der Waals surface area contributed by atoms with Gasteiger partial charge in [-0.2, -0.15) is 0 Å². The van der Waals surface area contributed by atoms with Crippen LogP contribution in [0.3, 0.4) is 0 Å². The van der Waals surface area contributed by atoms with Crippen LogP contribution >= 0.6 is 0 Å². The smallest absolute Gasteiger partial charge is 0.234 e. The monoisotopic (exact) mass is 268 g/mol. The zero-order chi connectivity index (χ0) is 13.7. The molecule has 0 aromatic rings. The number of carbonyl (C=O) groups excluding carboxylic acids is 2. The third-order valence-corrected chi connectivity index (χ3v) is 3.69. The summed E-state index contributed by atoms with van der Waals surface area (Å²) in [5, 5.41) is 5.65. The van der Waals surface area contributed by atoms with Gasteiger partial charge >= 0.3 is 0 Å². The average molecular weight is 268 g/mol. The number of likely N-dealkylation sites (tertiary alicyclic amines) is 1. The second-order valence-corrected chi connectivity index (χ2v) is 5.53.